The number of methoxy groups -OCH3 is 1. The van der Waals surface area contributed by atoms with Gasteiger partial charge >= 0.3 is 5.97 Å². The van der Waals surface area contributed by atoms with E-state index in [-0.39, 0.29) is 0 Å². The summed E-state index contributed by atoms with van der Waals surface area (Å²) in [6.07, 6.45) is 0. The number of carbonyl (C=O) groups excluding carboxylic acids is 1. The molecular weight excluding hydrogens is 206 g/mol. The van der Waals surface area contributed by atoms with Gasteiger partial charge in [-0.25, -0.2) is 4.79 Å². The molecule has 84 valence electrons. The molecule has 0 bridgehead atoms. The van der Waals surface area contributed by atoms with Crippen LogP contribution in [0, 0.1) is 0 Å². The number of hydrogen-bond acceptors (Lipinski definition) is 5. The van der Waals surface area contributed by atoms with Crippen LogP contribution >= 0.6 is 0 Å². The highest BCUT2D eigenvalue weighted by Gasteiger charge is 2.17. The molecule has 1 aromatic rings. The van der Waals surface area contributed by atoms with Gasteiger partial charge in [0.15, 0.2) is 0 Å². The van der Waals surface area contributed by atoms with Crippen molar-refractivity contribution in [1.29, 1.82) is 0 Å². The van der Waals surface area contributed by atoms with Gasteiger partial charge in [-0.3, -0.25) is 4.99 Å². The molecule has 1 aromatic carbocycles. The van der Waals surface area contributed by atoms with Crippen LogP contribution in [0.2, 0.25) is 0 Å². The zero-order valence-corrected chi connectivity index (χ0v) is 8.99. The van der Waals surface area contributed by atoms with E-state index < -0.39 is 5.97 Å². The summed E-state index contributed by atoms with van der Waals surface area (Å²) in [7, 11) is 1.33. The predicted molar refractivity (Wildman–Crippen MR) is 61.6 cm³/mol. The first-order valence-corrected chi connectivity index (χ1v) is 4.99. The third-order valence-electron chi connectivity index (χ3n) is 2.44. The van der Waals surface area contributed by atoms with Gasteiger partial charge in [-0.15, -0.1) is 0 Å². The fourth-order valence-electron chi connectivity index (χ4n) is 1.64. The van der Waals surface area contributed by atoms with E-state index in [4.69, 9.17) is 5.73 Å². The van der Waals surface area contributed by atoms with Crippen molar-refractivity contribution < 1.29 is 9.53 Å². The van der Waals surface area contributed by atoms with Crippen molar-refractivity contribution in [1.82, 2.24) is 5.32 Å². The largest absolute Gasteiger partial charge is 0.465 e. The van der Waals surface area contributed by atoms with Gasteiger partial charge in [-0.05, 0) is 12.1 Å². The van der Waals surface area contributed by atoms with Gasteiger partial charge in [-0.2, -0.15) is 0 Å². The Balaban J connectivity index is 2.44. The average Bonchev–Trinajstić information content (AvgIpc) is 2.82. The lowest BCUT2D eigenvalue weighted by Crippen LogP contribution is -2.21. The van der Waals surface area contributed by atoms with E-state index in [0.29, 0.717) is 11.3 Å². The molecule has 5 heteroatoms. The van der Waals surface area contributed by atoms with Crippen molar-refractivity contribution in [3.8, 4) is 0 Å². The summed E-state index contributed by atoms with van der Waals surface area (Å²) in [5.41, 5.74) is 7.45. The molecule has 16 heavy (non-hydrogen) atoms. The van der Waals surface area contributed by atoms with Crippen LogP contribution in [0.1, 0.15) is 15.9 Å². The Morgan fingerprint density at radius 3 is 3.00 bits per heavy atom. The molecule has 0 atom stereocenters. The maximum absolute atomic E-state index is 11.4. The summed E-state index contributed by atoms with van der Waals surface area (Å²) >= 11 is 0. The lowest BCUT2D eigenvalue weighted by Gasteiger charge is -2.09. The van der Waals surface area contributed by atoms with Crippen LogP contribution in [0.15, 0.2) is 23.2 Å². The van der Waals surface area contributed by atoms with Gasteiger partial charge in [0.05, 0.1) is 24.9 Å². The molecule has 0 saturated heterocycles. The Morgan fingerprint density at radius 1 is 1.56 bits per heavy atom. The van der Waals surface area contributed by atoms with E-state index in [1.807, 2.05) is 6.07 Å². The second-order valence-corrected chi connectivity index (χ2v) is 3.42. The van der Waals surface area contributed by atoms with Crippen molar-refractivity contribution in [3.05, 3.63) is 29.3 Å². The molecule has 5 nitrogen and oxygen atoms in total. The summed E-state index contributed by atoms with van der Waals surface area (Å²) in [6, 6.07) is 5.24. The van der Waals surface area contributed by atoms with Crippen molar-refractivity contribution in [2.75, 3.05) is 25.9 Å². The number of hydrogen-bond donors (Lipinski definition) is 2. The normalized spacial score (nSPS) is 14.2. The molecule has 0 saturated carbocycles. The second kappa shape index (κ2) is 4.22. The Labute approximate surface area is 93.3 Å². The number of nitrogens with zero attached hydrogens (tertiary/aromatic N) is 1. The Bertz CT molecular complexity index is 455. The summed E-state index contributed by atoms with van der Waals surface area (Å²) in [6.45, 7) is 1.54. The van der Waals surface area contributed by atoms with Crippen molar-refractivity contribution in [3.63, 3.8) is 0 Å². The summed E-state index contributed by atoms with van der Waals surface area (Å²) < 4.78 is 4.66. The van der Waals surface area contributed by atoms with Gasteiger partial charge in [0.25, 0.3) is 0 Å². The van der Waals surface area contributed by atoms with Crippen molar-refractivity contribution in [2.24, 2.45) is 4.99 Å². The minimum absolute atomic E-state index is 0.372. The quantitative estimate of drug-likeness (QED) is 0.557. The maximum Gasteiger partial charge on any atom is 0.339 e. The SMILES string of the molecule is COC(=O)c1cccc(C2=NCCN2)c1N. The first kappa shape index (κ1) is 10.5. The highest BCUT2D eigenvalue weighted by atomic mass is 16.5. The highest BCUT2D eigenvalue weighted by Crippen LogP contribution is 2.19. The van der Waals surface area contributed by atoms with Crippen LogP contribution in [0.25, 0.3) is 0 Å². The van der Waals surface area contributed by atoms with E-state index in [0.717, 1.165) is 24.5 Å². The van der Waals surface area contributed by atoms with E-state index in [9.17, 15) is 4.79 Å². The van der Waals surface area contributed by atoms with Gasteiger partial charge in [-0.1, -0.05) is 6.07 Å². The van der Waals surface area contributed by atoms with Crippen molar-refractivity contribution >= 4 is 17.5 Å². The number of esters is 1. The lowest BCUT2D eigenvalue weighted by molar-refractivity contribution is 0.0602. The molecule has 0 aliphatic carbocycles. The molecule has 3 N–H and O–H groups in total. The molecule has 0 fully saturated rings. The van der Waals surface area contributed by atoms with E-state index in [1.165, 1.54) is 7.11 Å². The van der Waals surface area contributed by atoms with Crippen molar-refractivity contribution in [2.45, 2.75) is 0 Å². The third-order valence-corrected chi connectivity index (χ3v) is 2.44. The molecule has 0 radical (unpaired) electrons. The monoisotopic (exact) mass is 219 g/mol. The first-order chi connectivity index (χ1) is 7.74. The molecule has 0 unspecified atom stereocenters. The summed E-state index contributed by atoms with van der Waals surface area (Å²) in [4.78, 5) is 15.7. The zero-order valence-electron chi connectivity index (χ0n) is 8.99. The lowest BCUT2D eigenvalue weighted by atomic mass is 10.1. The van der Waals surface area contributed by atoms with Gasteiger partial charge < -0.3 is 15.8 Å². The summed E-state index contributed by atoms with van der Waals surface area (Å²) in [5, 5.41) is 3.12. The van der Waals surface area contributed by atoms with Crippen LogP contribution in [-0.2, 0) is 4.74 Å². The van der Waals surface area contributed by atoms with Crippen LogP contribution in [0.4, 0.5) is 5.69 Å². The molecule has 1 heterocycles. The van der Waals surface area contributed by atoms with Crippen LogP contribution in [0.5, 0.6) is 0 Å². The van der Waals surface area contributed by atoms with E-state index in [1.54, 1.807) is 12.1 Å². The smallest absolute Gasteiger partial charge is 0.339 e. The first-order valence-electron chi connectivity index (χ1n) is 4.99. The van der Waals surface area contributed by atoms with Gasteiger partial charge in [0.2, 0.25) is 0 Å². The number of carbonyl (C=O) groups is 1. The molecule has 2 rings (SSSR count). The fraction of sp³-hybridized carbons (Fsp3) is 0.273. The second-order valence-electron chi connectivity index (χ2n) is 3.42. The number of para-hydroxylation sites is 1. The zero-order chi connectivity index (χ0) is 11.5. The van der Waals surface area contributed by atoms with E-state index in [2.05, 4.69) is 15.0 Å². The van der Waals surface area contributed by atoms with Gasteiger partial charge in [0, 0.05) is 12.1 Å². The molecule has 1 aliphatic heterocycles. The number of nitrogens with one attached hydrogen (secondary N) is 1. The van der Waals surface area contributed by atoms with Crippen LogP contribution < -0.4 is 11.1 Å². The molecule has 1 aliphatic rings. The number of benzene rings is 1. The Hall–Kier alpha value is -2.04. The molecule has 0 aromatic heterocycles. The Morgan fingerprint density at radius 2 is 2.38 bits per heavy atom. The average molecular weight is 219 g/mol. The topological polar surface area (TPSA) is 76.7 Å². The number of nitrogen functional groups attached to an aromatic ring is 1. The third kappa shape index (κ3) is 1.71. The molecule has 0 amide bonds. The Kier molecular flexibility index (Phi) is 2.76. The molecule has 0 spiro atoms. The van der Waals surface area contributed by atoms with E-state index >= 15 is 0 Å². The minimum atomic E-state index is -0.432. The number of nitrogens with two attached hydrogens (primary N) is 1. The predicted octanol–water partition coefficient (Wildman–Crippen LogP) is 0.405. The fourth-order valence-corrected chi connectivity index (χ4v) is 1.64. The number of rotatable bonds is 2. The van der Waals surface area contributed by atoms with Crippen LogP contribution in [-0.4, -0.2) is 32.0 Å². The number of anilines is 1. The standard InChI is InChI=1S/C11H13N3O2/c1-16-11(15)8-4-2-3-7(9(8)12)10-13-5-6-14-10/h2-4H,5-6,12H2,1H3,(H,13,14). The number of aliphatic imine (C=N–C) groups is 1. The molecular formula is C11H13N3O2. The minimum Gasteiger partial charge on any atom is -0.465 e. The maximum atomic E-state index is 11.4. The van der Waals surface area contributed by atoms with Gasteiger partial charge in [0.1, 0.15) is 5.84 Å². The number of ether oxygens (including phenoxy) is 1. The number of amidine groups is 1. The van der Waals surface area contributed by atoms with Crippen LogP contribution in [0.3, 0.4) is 0 Å². The highest BCUT2D eigenvalue weighted by molar-refractivity contribution is 6.08. The summed E-state index contributed by atoms with van der Waals surface area (Å²) in [5.74, 6) is 0.307.